The summed E-state index contributed by atoms with van der Waals surface area (Å²) in [5.74, 6) is -2.83. The van der Waals surface area contributed by atoms with E-state index in [0.717, 1.165) is 4.90 Å². The van der Waals surface area contributed by atoms with Crippen LogP contribution in [0.2, 0.25) is 0 Å². The summed E-state index contributed by atoms with van der Waals surface area (Å²) in [6.45, 7) is 1.74. The van der Waals surface area contributed by atoms with Crippen LogP contribution in [0.25, 0.3) is 0 Å². The van der Waals surface area contributed by atoms with Crippen molar-refractivity contribution in [2.45, 2.75) is 24.4 Å². The summed E-state index contributed by atoms with van der Waals surface area (Å²) in [4.78, 5) is 63.7. The normalized spacial score (nSPS) is 21.7. The first kappa shape index (κ1) is 25.4. The van der Waals surface area contributed by atoms with Gasteiger partial charge in [-0.05, 0) is 17.8 Å². The lowest BCUT2D eigenvalue weighted by atomic mass is 10.0. The third-order valence-corrected chi connectivity index (χ3v) is 7.44. The molecule has 4 N–H and O–H groups in total. The van der Waals surface area contributed by atoms with Crippen LogP contribution in [0.3, 0.4) is 0 Å². The van der Waals surface area contributed by atoms with Gasteiger partial charge in [-0.1, -0.05) is 30.3 Å². The van der Waals surface area contributed by atoms with Gasteiger partial charge in [0.05, 0.1) is 0 Å². The molecule has 3 aliphatic heterocycles. The molecule has 3 heterocycles. The lowest BCUT2D eigenvalue weighted by molar-refractivity contribution is -0.151. The number of carbonyl (C=O) groups is 5. The van der Waals surface area contributed by atoms with Crippen molar-refractivity contribution in [1.29, 1.82) is 0 Å². The molecule has 14 heteroatoms. The first-order valence-electron chi connectivity index (χ1n) is 10.9. The van der Waals surface area contributed by atoms with Gasteiger partial charge in [0.25, 0.3) is 5.91 Å². The fourth-order valence-corrected chi connectivity index (χ4v) is 5.65. The Hall–Kier alpha value is -3.65. The number of carbonyl (C=O) groups excluding carboxylic acids is 4. The zero-order valence-electron chi connectivity index (χ0n) is 19.1. The maximum Gasteiger partial charge on any atom is 0.352 e. The predicted molar refractivity (Wildman–Crippen MR) is 131 cm³/mol. The highest BCUT2D eigenvalue weighted by Gasteiger charge is 2.54. The molecule has 0 radical (unpaired) electrons. The number of fused-ring (bicyclic) bond motifs is 1. The van der Waals surface area contributed by atoms with E-state index in [-0.39, 0.29) is 29.2 Å². The van der Waals surface area contributed by atoms with E-state index in [9.17, 15) is 29.1 Å². The summed E-state index contributed by atoms with van der Waals surface area (Å²) < 4.78 is 4.93. The lowest BCUT2D eigenvalue weighted by Crippen LogP contribution is -2.71. The molecule has 3 atom stereocenters. The maximum atomic E-state index is 13.3. The number of thiocarbonyl (C=S) groups is 1. The van der Waals surface area contributed by atoms with E-state index in [1.807, 2.05) is 0 Å². The lowest BCUT2D eigenvalue weighted by Gasteiger charge is -2.49. The van der Waals surface area contributed by atoms with Crippen molar-refractivity contribution in [3.05, 3.63) is 47.2 Å². The molecule has 190 valence electrons. The highest BCUT2D eigenvalue weighted by Crippen LogP contribution is 2.40. The minimum Gasteiger partial charge on any atom is -0.477 e. The zero-order chi connectivity index (χ0) is 26.0. The van der Waals surface area contributed by atoms with Crippen molar-refractivity contribution in [3.8, 4) is 0 Å². The Morgan fingerprint density at radius 2 is 2.00 bits per heavy atom. The summed E-state index contributed by atoms with van der Waals surface area (Å²) in [7, 11) is 0. The van der Waals surface area contributed by atoms with E-state index in [0.29, 0.717) is 24.2 Å². The number of esters is 1. The number of thioether (sulfide) groups is 1. The van der Waals surface area contributed by atoms with Crippen molar-refractivity contribution in [2.24, 2.45) is 0 Å². The molecule has 0 aliphatic carbocycles. The minimum absolute atomic E-state index is 0.0637. The molecule has 2 fully saturated rings. The van der Waals surface area contributed by atoms with E-state index in [4.69, 9.17) is 17.0 Å². The number of benzene rings is 1. The minimum atomic E-state index is -1.32. The molecule has 1 aromatic rings. The number of aliphatic carboxylic acids is 1. The number of carboxylic acids is 1. The van der Waals surface area contributed by atoms with Gasteiger partial charge in [0.1, 0.15) is 29.8 Å². The largest absolute Gasteiger partial charge is 0.477 e. The SMILES string of the molecule is CC(=O)OCC1=C(C(=O)O)N2C(=O)C(NC(=O)[C@H](NC(=S)N3CCNC3=O)c3ccccc3)[C@H]2SC1. The molecule has 12 nitrogen and oxygen atoms in total. The Kier molecular flexibility index (Phi) is 7.45. The Labute approximate surface area is 215 Å². The third kappa shape index (κ3) is 4.99. The number of hydrogen-bond donors (Lipinski definition) is 4. The number of carboxylic acid groups (broad SMARTS) is 1. The number of ether oxygens (including phenoxy) is 1. The van der Waals surface area contributed by atoms with Gasteiger partial charge in [-0.15, -0.1) is 11.8 Å². The number of hydrogen-bond acceptors (Lipinski definition) is 8. The molecule has 3 aliphatic rings. The molecular formula is C22H23N5O7S2. The summed E-state index contributed by atoms with van der Waals surface area (Å²) >= 11 is 6.61. The van der Waals surface area contributed by atoms with Gasteiger partial charge >= 0.3 is 18.0 Å². The highest BCUT2D eigenvalue weighted by molar-refractivity contribution is 8.00. The molecule has 36 heavy (non-hydrogen) atoms. The topological polar surface area (TPSA) is 157 Å². The monoisotopic (exact) mass is 533 g/mol. The van der Waals surface area contributed by atoms with Crippen molar-refractivity contribution in [1.82, 2.24) is 25.8 Å². The number of nitrogens with zero attached hydrogens (tertiary/aromatic N) is 2. The summed E-state index contributed by atoms with van der Waals surface area (Å²) in [5, 5.41) is 17.4. The van der Waals surface area contributed by atoms with E-state index < -0.39 is 41.2 Å². The van der Waals surface area contributed by atoms with Crippen molar-refractivity contribution in [2.75, 3.05) is 25.4 Å². The highest BCUT2D eigenvalue weighted by atomic mass is 32.2. The van der Waals surface area contributed by atoms with Crippen molar-refractivity contribution in [3.63, 3.8) is 0 Å². The number of β-lactam (4-membered cyclic amide) rings is 1. The Bertz CT molecular complexity index is 1160. The summed E-state index contributed by atoms with van der Waals surface area (Å²) in [6, 6.07) is 6.34. The van der Waals surface area contributed by atoms with Crippen LogP contribution in [0.4, 0.5) is 4.79 Å². The van der Waals surface area contributed by atoms with Crippen LogP contribution in [0.1, 0.15) is 18.5 Å². The average Bonchev–Trinajstić information content (AvgIpc) is 3.29. The van der Waals surface area contributed by atoms with Crippen LogP contribution in [-0.2, 0) is 23.9 Å². The van der Waals surface area contributed by atoms with Crippen LogP contribution in [0.15, 0.2) is 41.6 Å². The summed E-state index contributed by atoms with van der Waals surface area (Å²) in [6.07, 6.45) is 0. The van der Waals surface area contributed by atoms with Crippen LogP contribution < -0.4 is 16.0 Å². The predicted octanol–water partition coefficient (Wildman–Crippen LogP) is -0.0709. The van der Waals surface area contributed by atoms with E-state index >= 15 is 0 Å². The Morgan fingerprint density at radius 1 is 1.28 bits per heavy atom. The number of rotatable bonds is 7. The second-order valence-corrected chi connectivity index (χ2v) is 9.60. The van der Waals surface area contributed by atoms with Gasteiger partial charge in [0, 0.05) is 31.3 Å². The van der Waals surface area contributed by atoms with E-state index in [1.54, 1.807) is 30.3 Å². The second kappa shape index (κ2) is 10.5. The molecule has 0 bridgehead atoms. The van der Waals surface area contributed by atoms with Gasteiger partial charge in [0.2, 0.25) is 5.91 Å². The van der Waals surface area contributed by atoms with E-state index in [1.165, 1.54) is 23.6 Å². The van der Waals surface area contributed by atoms with E-state index in [2.05, 4.69) is 16.0 Å². The van der Waals surface area contributed by atoms with Gasteiger partial charge < -0.3 is 25.8 Å². The smallest absolute Gasteiger partial charge is 0.352 e. The third-order valence-electron chi connectivity index (χ3n) is 5.76. The van der Waals surface area contributed by atoms with Crippen molar-refractivity contribution < 1.29 is 33.8 Å². The molecular weight excluding hydrogens is 510 g/mol. The van der Waals surface area contributed by atoms with Crippen LogP contribution in [0.5, 0.6) is 0 Å². The van der Waals surface area contributed by atoms with Crippen LogP contribution in [-0.4, -0.2) is 86.7 Å². The number of nitrogens with one attached hydrogen (secondary N) is 3. The van der Waals surface area contributed by atoms with Crippen LogP contribution >= 0.6 is 24.0 Å². The standard InChI is InChI=1S/C22H23N5O7S2/c1-11(28)34-9-13-10-36-19-15(18(30)27(19)16(13)20(31)32)24-17(29)14(12-5-3-2-4-6-12)25-22(35)26-8-7-23-21(26)33/h2-6,14-15,19H,7-10H2,1H3,(H,23,33)(H,24,29)(H,25,35)(H,31,32)/t14-,15?,19-/m1/s1. The van der Waals surface area contributed by atoms with Gasteiger partial charge in [-0.25, -0.2) is 9.59 Å². The number of urea groups is 1. The second-order valence-electron chi connectivity index (χ2n) is 8.11. The molecule has 0 aromatic heterocycles. The average molecular weight is 534 g/mol. The fourth-order valence-electron chi connectivity index (χ4n) is 4.03. The molecule has 4 rings (SSSR count). The summed E-state index contributed by atoms with van der Waals surface area (Å²) in [5.41, 5.74) is 0.622. The zero-order valence-corrected chi connectivity index (χ0v) is 20.7. The molecule has 0 spiro atoms. The molecule has 4 amide bonds. The maximum absolute atomic E-state index is 13.3. The van der Waals surface area contributed by atoms with Gasteiger partial charge in [0.15, 0.2) is 5.11 Å². The van der Waals surface area contributed by atoms with Crippen LogP contribution in [0, 0.1) is 0 Å². The molecule has 1 unspecified atom stereocenters. The quantitative estimate of drug-likeness (QED) is 0.212. The van der Waals surface area contributed by atoms with Crippen molar-refractivity contribution >= 4 is 58.9 Å². The Balaban J connectivity index is 1.50. The first-order chi connectivity index (χ1) is 17.2. The van der Waals surface area contributed by atoms with Gasteiger partial charge in [-0.2, -0.15) is 0 Å². The Morgan fingerprint density at radius 3 is 2.61 bits per heavy atom. The molecule has 2 saturated heterocycles. The molecule has 0 saturated carbocycles. The fraction of sp³-hybridized carbons (Fsp3) is 0.364. The molecule has 1 aromatic carbocycles. The number of amides is 4. The first-order valence-corrected chi connectivity index (χ1v) is 12.4. The van der Waals surface area contributed by atoms with Gasteiger partial charge in [-0.3, -0.25) is 24.2 Å².